The Kier molecular flexibility index (Phi) is 10.0. The first-order chi connectivity index (χ1) is 10.5. The van der Waals surface area contributed by atoms with Crippen LogP contribution in [0.2, 0.25) is 0 Å². The van der Waals surface area contributed by atoms with Crippen LogP contribution in [0.5, 0.6) is 0 Å². The van der Waals surface area contributed by atoms with Crippen molar-refractivity contribution in [1.82, 2.24) is 4.90 Å². The molecule has 2 unspecified atom stereocenters. The zero-order valence-corrected chi connectivity index (χ0v) is 16.1. The van der Waals surface area contributed by atoms with Gasteiger partial charge in [-0.25, -0.2) is 0 Å². The van der Waals surface area contributed by atoms with Crippen LogP contribution in [-0.4, -0.2) is 37.2 Å². The average Bonchev–Trinajstić information content (AvgIpc) is 2.54. The fourth-order valence-corrected chi connectivity index (χ4v) is 3.13. The zero-order chi connectivity index (χ0) is 16.4. The van der Waals surface area contributed by atoms with Gasteiger partial charge in [-0.1, -0.05) is 60.0 Å². The standard InChI is InChI=1S/C11H21NO.C8H11Br/c1-10-3-2-4-11(9-10)12-5-7-13-8-6-12;1-4-8(9)6-5-7(2)3/h10-11H,2-9H2,1H3;4-6H,2H2,1,3H3/b;6-5-,8-4+. The van der Waals surface area contributed by atoms with Crippen molar-refractivity contribution < 1.29 is 4.74 Å². The predicted molar refractivity (Wildman–Crippen MR) is 100 cm³/mol. The molecule has 3 heteroatoms. The third-order valence-electron chi connectivity index (χ3n) is 4.27. The molecule has 1 heterocycles. The van der Waals surface area contributed by atoms with Crippen LogP contribution in [0.15, 0.2) is 34.9 Å². The molecular formula is C19H32BrNO. The van der Waals surface area contributed by atoms with Crippen molar-refractivity contribution in [3.8, 4) is 0 Å². The molecular weight excluding hydrogens is 338 g/mol. The third kappa shape index (κ3) is 8.30. The fourth-order valence-electron chi connectivity index (χ4n) is 2.99. The van der Waals surface area contributed by atoms with Crippen molar-refractivity contribution in [3.05, 3.63) is 34.9 Å². The smallest absolute Gasteiger partial charge is 0.0594 e. The average molecular weight is 370 g/mol. The van der Waals surface area contributed by atoms with E-state index in [2.05, 4.69) is 34.3 Å². The first kappa shape index (κ1) is 19.7. The van der Waals surface area contributed by atoms with Gasteiger partial charge < -0.3 is 4.74 Å². The van der Waals surface area contributed by atoms with Crippen molar-refractivity contribution >= 4 is 15.9 Å². The molecule has 0 radical (unpaired) electrons. The number of nitrogens with zero attached hydrogens (tertiary/aromatic N) is 1. The molecule has 1 saturated carbocycles. The minimum atomic E-state index is 0.868. The Labute approximate surface area is 145 Å². The number of halogens is 1. The number of morpholine rings is 1. The summed E-state index contributed by atoms with van der Waals surface area (Å²) in [7, 11) is 0. The highest BCUT2D eigenvalue weighted by Crippen LogP contribution is 2.27. The van der Waals surface area contributed by atoms with Crippen LogP contribution < -0.4 is 0 Å². The summed E-state index contributed by atoms with van der Waals surface area (Å²) in [5.74, 6) is 0.946. The predicted octanol–water partition coefficient (Wildman–Crippen LogP) is 5.31. The summed E-state index contributed by atoms with van der Waals surface area (Å²) in [6, 6.07) is 0.868. The van der Waals surface area contributed by atoms with Gasteiger partial charge in [0.05, 0.1) is 13.2 Å². The number of ether oxygens (including phenoxy) is 1. The van der Waals surface area contributed by atoms with Crippen molar-refractivity contribution in [3.63, 3.8) is 0 Å². The molecule has 22 heavy (non-hydrogen) atoms. The molecule has 2 rings (SSSR count). The van der Waals surface area contributed by atoms with E-state index in [1.807, 2.05) is 32.1 Å². The Morgan fingerprint density at radius 3 is 2.45 bits per heavy atom. The molecule has 2 atom stereocenters. The summed E-state index contributed by atoms with van der Waals surface area (Å²) in [6.45, 7) is 14.3. The van der Waals surface area contributed by atoms with E-state index in [0.717, 1.165) is 48.3 Å². The molecule has 1 aliphatic heterocycles. The molecule has 2 nitrogen and oxygen atoms in total. The van der Waals surface area contributed by atoms with E-state index in [9.17, 15) is 0 Å². The molecule has 0 bridgehead atoms. The van der Waals surface area contributed by atoms with Gasteiger partial charge in [0, 0.05) is 23.6 Å². The van der Waals surface area contributed by atoms with E-state index in [4.69, 9.17) is 4.74 Å². The number of allylic oxidation sites excluding steroid dienone is 5. The summed E-state index contributed by atoms with van der Waals surface area (Å²) < 4.78 is 6.46. The van der Waals surface area contributed by atoms with E-state index in [1.165, 1.54) is 25.7 Å². The molecule has 0 aromatic carbocycles. The highest BCUT2D eigenvalue weighted by Gasteiger charge is 2.25. The molecule has 0 aromatic heterocycles. The third-order valence-corrected chi connectivity index (χ3v) is 5.00. The molecule has 1 saturated heterocycles. The molecule has 0 aromatic rings. The first-order valence-corrected chi connectivity index (χ1v) is 9.29. The Hall–Kier alpha value is -0.380. The summed E-state index contributed by atoms with van der Waals surface area (Å²) in [6.07, 6.45) is 11.6. The summed E-state index contributed by atoms with van der Waals surface area (Å²) in [5.41, 5.74) is 1.06. The number of hydrogen-bond donors (Lipinski definition) is 0. The Morgan fingerprint density at radius 2 is 1.91 bits per heavy atom. The van der Waals surface area contributed by atoms with Crippen LogP contribution >= 0.6 is 15.9 Å². The molecule has 2 aliphatic rings. The highest BCUT2D eigenvalue weighted by molar-refractivity contribution is 9.11. The van der Waals surface area contributed by atoms with Crippen LogP contribution in [0.25, 0.3) is 0 Å². The minimum absolute atomic E-state index is 0.868. The van der Waals surface area contributed by atoms with Crippen LogP contribution in [0, 0.1) is 5.92 Å². The Morgan fingerprint density at radius 1 is 1.23 bits per heavy atom. The van der Waals surface area contributed by atoms with E-state index >= 15 is 0 Å². The molecule has 0 spiro atoms. The SMILES string of the molecule is C=C(C)/C=C\C(Br)=C/C.CC1CCCC(N2CCOCC2)C1. The number of rotatable bonds is 3. The molecule has 0 N–H and O–H groups in total. The van der Waals surface area contributed by atoms with E-state index in [1.54, 1.807) is 0 Å². The van der Waals surface area contributed by atoms with Crippen molar-refractivity contribution in [2.45, 2.75) is 52.5 Å². The molecule has 1 aliphatic carbocycles. The lowest BCUT2D eigenvalue weighted by Gasteiger charge is -2.38. The van der Waals surface area contributed by atoms with E-state index < -0.39 is 0 Å². The quantitative estimate of drug-likeness (QED) is 0.624. The topological polar surface area (TPSA) is 12.5 Å². The van der Waals surface area contributed by atoms with Crippen LogP contribution in [-0.2, 0) is 4.74 Å². The van der Waals surface area contributed by atoms with Gasteiger partial charge >= 0.3 is 0 Å². The van der Waals surface area contributed by atoms with E-state index in [-0.39, 0.29) is 0 Å². The second-order valence-electron chi connectivity index (χ2n) is 6.43. The van der Waals surface area contributed by atoms with Crippen LogP contribution in [0.1, 0.15) is 46.5 Å². The highest BCUT2D eigenvalue weighted by atomic mass is 79.9. The Balaban J connectivity index is 0.000000239. The lowest BCUT2D eigenvalue weighted by molar-refractivity contribution is 0.00392. The summed E-state index contributed by atoms with van der Waals surface area (Å²) in [4.78, 5) is 2.64. The van der Waals surface area contributed by atoms with Gasteiger partial charge in [0.2, 0.25) is 0 Å². The first-order valence-electron chi connectivity index (χ1n) is 8.50. The lowest BCUT2D eigenvalue weighted by Crippen LogP contribution is -2.45. The zero-order valence-electron chi connectivity index (χ0n) is 14.5. The second-order valence-corrected chi connectivity index (χ2v) is 7.34. The van der Waals surface area contributed by atoms with Gasteiger partial charge in [-0.2, -0.15) is 0 Å². The lowest BCUT2D eigenvalue weighted by atomic mass is 9.86. The van der Waals surface area contributed by atoms with Crippen LogP contribution in [0.3, 0.4) is 0 Å². The van der Waals surface area contributed by atoms with Crippen molar-refractivity contribution in [2.75, 3.05) is 26.3 Å². The molecule has 0 amide bonds. The maximum absolute atomic E-state index is 5.38. The normalized spacial score (nSPS) is 27.4. The minimum Gasteiger partial charge on any atom is -0.379 e. The molecule has 2 fully saturated rings. The van der Waals surface area contributed by atoms with Gasteiger partial charge in [-0.05, 0) is 38.7 Å². The van der Waals surface area contributed by atoms with Crippen molar-refractivity contribution in [2.24, 2.45) is 5.92 Å². The van der Waals surface area contributed by atoms with Crippen molar-refractivity contribution in [1.29, 1.82) is 0 Å². The Bertz CT molecular complexity index is 383. The summed E-state index contributed by atoms with van der Waals surface area (Å²) in [5, 5.41) is 0. The maximum atomic E-state index is 5.38. The second kappa shape index (κ2) is 11.2. The molecule has 126 valence electrons. The van der Waals surface area contributed by atoms with Gasteiger partial charge in [0.25, 0.3) is 0 Å². The largest absolute Gasteiger partial charge is 0.379 e. The number of hydrogen-bond acceptors (Lipinski definition) is 2. The van der Waals surface area contributed by atoms with E-state index in [0.29, 0.717) is 0 Å². The monoisotopic (exact) mass is 369 g/mol. The van der Waals surface area contributed by atoms with Gasteiger partial charge in [-0.15, -0.1) is 0 Å². The van der Waals surface area contributed by atoms with Gasteiger partial charge in [0.1, 0.15) is 0 Å². The van der Waals surface area contributed by atoms with Gasteiger partial charge in [0.15, 0.2) is 0 Å². The summed E-state index contributed by atoms with van der Waals surface area (Å²) >= 11 is 3.34. The maximum Gasteiger partial charge on any atom is 0.0594 e. The van der Waals surface area contributed by atoms with Gasteiger partial charge in [-0.3, -0.25) is 4.90 Å². The fraction of sp³-hybridized carbons (Fsp3) is 0.684. The van der Waals surface area contributed by atoms with Crippen LogP contribution in [0.4, 0.5) is 0 Å².